The number of nitrogens with zero attached hydrogens (tertiary/aromatic N) is 2. The van der Waals surface area contributed by atoms with Gasteiger partial charge in [-0.25, -0.2) is 4.98 Å². The van der Waals surface area contributed by atoms with Crippen LogP contribution in [0.5, 0.6) is 0 Å². The molecule has 1 aromatic rings. The lowest BCUT2D eigenvalue weighted by Gasteiger charge is -2.21. The maximum absolute atomic E-state index is 11.8. The summed E-state index contributed by atoms with van der Waals surface area (Å²) in [6, 6.07) is 0. The Morgan fingerprint density at radius 1 is 1.71 bits per heavy atom. The molecule has 1 fully saturated rings. The van der Waals surface area contributed by atoms with Crippen LogP contribution in [0, 0.1) is 12.8 Å². The van der Waals surface area contributed by atoms with Gasteiger partial charge >= 0.3 is 0 Å². The SMILES string of the molecule is Cc1nccn1CCNC(=O)[C@@H]1CCCNC1. The molecule has 17 heavy (non-hydrogen) atoms. The van der Waals surface area contributed by atoms with Crippen LogP contribution in [0.4, 0.5) is 0 Å². The van der Waals surface area contributed by atoms with Gasteiger partial charge in [-0.2, -0.15) is 0 Å². The Morgan fingerprint density at radius 2 is 2.59 bits per heavy atom. The number of carbonyl (C=O) groups is 1. The number of imidazole rings is 1. The molecule has 0 unspecified atom stereocenters. The Hall–Kier alpha value is -1.36. The van der Waals surface area contributed by atoms with Crippen molar-refractivity contribution in [2.24, 2.45) is 5.92 Å². The Labute approximate surface area is 102 Å². The number of rotatable bonds is 4. The van der Waals surface area contributed by atoms with Gasteiger partial charge in [-0.15, -0.1) is 0 Å². The molecule has 0 radical (unpaired) electrons. The maximum Gasteiger partial charge on any atom is 0.224 e. The molecule has 0 saturated carbocycles. The topological polar surface area (TPSA) is 59.0 Å². The van der Waals surface area contributed by atoms with E-state index in [0.717, 1.165) is 38.3 Å². The normalized spacial score (nSPS) is 20.2. The molecule has 1 atom stereocenters. The fourth-order valence-electron chi connectivity index (χ4n) is 2.16. The van der Waals surface area contributed by atoms with Gasteiger partial charge in [0.05, 0.1) is 5.92 Å². The van der Waals surface area contributed by atoms with E-state index in [0.29, 0.717) is 6.54 Å². The molecular formula is C12H20N4O. The highest BCUT2D eigenvalue weighted by atomic mass is 16.1. The molecule has 5 nitrogen and oxygen atoms in total. The van der Waals surface area contributed by atoms with Crippen molar-refractivity contribution >= 4 is 5.91 Å². The highest BCUT2D eigenvalue weighted by molar-refractivity contribution is 5.78. The molecule has 2 rings (SSSR count). The first kappa shape index (κ1) is 12.1. The summed E-state index contributed by atoms with van der Waals surface area (Å²) in [5, 5.41) is 6.24. The first-order valence-electron chi connectivity index (χ1n) is 6.23. The first-order valence-corrected chi connectivity index (χ1v) is 6.23. The summed E-state index contributed by atoms with van der Waals surface area (Å²) in [5.41, 5.74) is 0. The molecule has 2 heterocycles. The van der Waals surface area contributed by atoms with Crippen LogP contribution in [0.3, 0.4) is 0 Å². The van der Waals surface area contributed by atoms with Crippen molar-refractivity contribution in [2.75, 3.05) is 19.6 Å². The summed E-state index contributed by atoms with van der Waals surface area (Å²) >= 11 is 0. The molecule has 1 amide bonds. The lowest BCUT2D eigenvalue weighted by molar-refractivity contribution is -0.125. The standard InChI is InChI=1S/C12H20N4O/c1-10-14-5-7-16(10)8-6-15-12(17)11-3-2-4-13-9-11/h5,7,11,13H,2-4,6,8-9H2,1H3,(H,15,17)/t11-/m1/s1. The first-order chi connectivity index (χ1) is 8.27. The summed E-state index contributed by atoms with van der Waals surface area (Å²) in [6.45, 7) is 5.28. The van der Waals surface area contributed by atoms with Gasteiger partial charge in [-0.1, -0.05) is 0 Å². The van der Waals surface area contributed by atoms with E-state index in [1.807, 2.05) is 17.7 Å². The predicted molar refractivity (Wildman–Crippen MR) is 65.6 cm³/mol. The fraction of sp³-hybridized carbons (Fsp3) is 0.667. The van der Waals surface area contributed by atoms with Gasteiger partial charge in [0.2, 0.25) is 5.91 Å². The lowest BCUT2D eigenvalue weighted by Crippen LogP contribution is -2.41. The Kier molecular flexibility index (Phi) is 4.14. The molecule has 5 heteroatoms. The Morgan fingerprint density at radius 3 is 3.24 bits per heavy atom. The highest BCUT2D eigenvalue weighted by Gasteiger charge is 2.20. The molecule has 0 spiro atoms. The molecule has 1 aliphatic heterocycles. The van der Waals surface area contributed by atoms with Gasteiger partial charge in [0, 0.05) is 32.0 Å². The monoisotopic (exact) mass is 236 g/mol. The summed E-state index contributed by atoms with van der Waals surface area (Å²) in [4.78, 5) is 16.0. The second-order valence-electron chi connectivity index (χ2n) is 4.50. The van der Waals surface area contributed by atoms with E-state index in [4.69, 9.17) is 0 Å². The minimum Gasteiger partial charge on any atom is -0.354 e. The third kappa shape index (κ3) is 3.30. The number of hydrogen-bond donors (Lipinski definition) is 2. The van der Waals surface area contributed by atoms with Crippen LogP contribution >= 0.6 is 0 Å². The number of piperidine rings is 1. The van der Waals surface area contributed by atoms with Crippen molar-refractivity contribution in [3.8, 4) is 0 Å². The smallest absolute Gasteiger partial charge is 0.224 e. The maximum atomic E-state index is 11.8. The average molecular weight is 236 g/mol. The van der Waals surface area contributed by atoms with E-state index in [2.05, 4.69) is 15.6 Å². The minimum absolute atomic E-state index is 0.146. The zero-order valence-corrected chi connectivity index (χ0v) is 10.3. The van der Waals surface area contributed by atoms with E-state index in [9.17, 15) is 4.79 Å². The lowest BCUT2D eigenvalue weighted by atomic mass is 9.99. The van der Waals surface area contributed by atoms with Gasteiger partial charge < -0.3 is 15.2 Å². The van der Waals surface area contributed by atoms with Crippen LogP contribution in [-0.2, 0) is 11.3 Å². The van der Waals surface area contributed by atoms with E-state index in [1.54, 1.807) is 6.20 Å². The van der Waals surface area contributed by atoms with E-state index in [-0.39, 0.29) is 11.8 Å². The third-order valence-electron chi connectivity index (χ3n) is 3.24. The van der Waals surface area contributed by atoms with Crippen molar-refractivity contribution in [3.63, 3.8) is 0 Å². The van der Waals surface area contributed by atoms with Crippen LogP contribution in [-0.4, -0.2) is 35.1 Å². The summed E-state index contributed by atoms with van der Waals surface area (Å²) in [6.07, 6.45) is 5.81. The molecule has 94 valence electrons. The largest absolute Gasteiger partial charge is 0.354 e. The fourth-order valence-corrected chi connectivity index (χ4v) is 2.16. The van der Waals surface area contributed by atoms with Gasteiger partial charge in [-0.3, -0.25) is 4.79 Å². The highest BCUT2D eigenvalue weighted by Crippen LogP contribution is 2.09. The van der Waals surface area contributed by atoms with Crippen molar-refractivity contribution in [2.45, 2.75) is 26.3 Å². The van der Waals surface area contributed by atoms with Gasteiger partial charge in [0.15, 0.2) is 0 Å². The van der Waals surface area contributed by atoms with Crippen molar-refractivity contribution in [1.29, 1.82) is 0 Å². The predicted octanol–water partition coefficient (Wildman–Crippen LogP) is 0.307. The van der Waals surface area contributed by atoms with Crippen LogP contribution in [0.15, 0.2) is 12.4 Å². The van der Waals surface area contributed by atoms with Gasteiger partial charge in [0.25, 0.3) is 0 Å². The second-order valence-corrected chi connectivity index (χ2v) is 4.50. The van der Waals surface area contributed by atoms with Gasteiger partial charge in [-0.05, 0) is 26.3 Å². The van der Waals surface area contributed by atoms with E-state index in [1.165, 1.54) is 0 Å². The molecule has 2 N–H and O–H groups in total. The molecule has 1 aliphatic rings. The second kappa shape index (κ2) is 5.82. The number of aryl methyl sites for hydroxylation is 1. The number of aromatic nitrogens is 2. The molecular weight excluding hydrogens is 216 g/mol. The molecule has 1 saturated heterocycles. The number of amides is 1. The summed E-state index contributed by atoms with van der Waals surface area (Å²) < 4.78 is 2.04. The van der Waals surface area contributed by atoms with E-state index < -0.39 is 0 Å². The van der Waals surface area contributed by atoms with Crippen LogP contribution in [0.25, 0.3) is 0 Å². The molecule has 0 aliphatic carbocycles. The van der Waals surface area contributed by atoms with Crippen molar-refractivity contribution < 1.29 is 4.79 Å². The Balaban J connectivity index is 1.71. The van der Waals surface area contributed by atoms with Gasteiger partial charge in [0.1, 0.15) is 5.82 Å². The minimum atomic E-state index is 0.146. The molecule has 0 aromatic carbocycles. The van der Waals surface area contributed by atoms with Crippen LogP contribution in [0.2, 0.25) is 0 Å². The number of carbonyl (C=O) groups excluding carboxylic acids is 1. The van der Waals surface area contributed by atoms with E-state index >= 15 is 0 Å². The number of nitrogens with one attached hydrogen (secondary N) is 2. The third-order valence-corrected chi connectivity index (χ3v) is 3.24. The van der Waals surface area contributed by atoms with Crippen LogP contribution < -0.4 is 10.6 Å². The Bertz CT molecular complexity index is 368. The quantitative estimate of drug-likeness (QED) is 0.791. The average Bonchev–Trinajstić information content (AvgIpc) is 2.76. The zero-order valence-electron chi connectivity index (χ0n) is 10.3. The molecule has 1 aromatic heterocycles. The molecule has 0 bridgehead atoms. The van der Waals surface area contributed by atoms with Crippen molar-refractivity contribution in [3.05, 3.63) is 18.2 Å². The zero-order chi connectivity index (χ0) is 12.1. The number of hydrogen-bond acceptors (Lipinski definition) is 3. The summed E-state index contributed by atoms with van der Waals surface area (Å²) in [5.74, 6) is 1.31. The van der Waals surface area contributed by atoms with Crippen molar-refractivity contribution in [1.82, 2.24) is 20.2 Å². The summed E-state index contributed by atoms with van der Waals surface area (Å²) in [7, 11) is 0. The van der Waals surface area contributed by atoms with Crippen LogP contribution in [0.1, 0.15) is 18.7 Å².